The first kappa shape index (κ1) is 7.30. The minimum Gasteiger partial charge on any atom is -0.431 e. The monoisotopic (exact) mass is 182 g/mol. The number of carbonyl (C=O) groups is 1. The van der Waals surface area contributed by atoms with Gasteiger partial charge in [-0.25, -0.2) is 0 Å². The molecule has 2 N–H and O–H groups in total. The van der Waals surface area contributed by atoms with Crippen LogP contribution in [0, 0.1) is 6.92 Å². The van der Waals surface area contributed by atoms with E-state index in [9.17, 15) is 4.79 Å². The Hall–Kier alpha value is -1.36. The van der Waals surface area contributed by atoms with Gasteiger partial charge in [-0.1, -0.05) is 0 Å². The summed E-state index contributed by atoms with van der Waals surface area (Å²) in [5, 5.41) is 0. The van der Waals surface area contributed by atoms with Crippen molar-refractivity contribution in [1.29, 1.82) is 0 Å². The molecule has 0 radical (unpaired) electrons. The van der Waals surface area contributed by atoms with E-state index in [1.165, 1.54) is 11.3 Å². The molecule has 2 rings (SSSR count). The molecule has 2 aromatic rings. The molecule has 0 aliphatic heterocycles. The molecule has 0 aromatic carbocycles. The summed E-state index contributed by atoms with van der Waals surface area (Å²) in [4.78, 5) is 15.8. The van der Waals surface area contributed by atoms with Crippen molar-refractivity contribution in [3.63, 3.8) is 0 Å². The number of oxazole rings is 1. The highest BCUT2D eigenvalue weighted by Gasteiger charge is 2.12. The molecule has 0 aliphatic rings. The highest BCUT2D eigenvalue weighted by Crippen LogP contribution is 2.32. The lowest BCUT2D eigenvalue weighted by atomic mass is 10.4. The third-order valence-corrected chi connectivity index (χ3v) is 2.58. The number of nitrogens with zero attached hydrogens (tertiary/aromatic N) is 1. The van der Waals surface area contributed by atoms with Crippen LogP contribution in [0.25, 0.3) is 10.4 Å². The van der Waals surface area contributed by atoms with Gasteiger partial charge in [0.2, 0.25) is 6.29 Å². The lowest BCUT2D eigenvalue weighted by Gasteiger charge is -1.85. The average Bonchev–Trinajstić information content (AvgIpc) is 2.55. The van der Waals surface area contributed by atoms with Crippen LogP contribution >= 0.6 is 11.3 Å². The third-order valence-electron chi connectivity index (χ3n) is 1.59. The molecule has 0 aliphatic carbocycles. The minimum absolute atomic E-state index is 0.0861. The molecule has 4 nitrogen and oxygen atoms in total. The van der Waals surface area contributed by atoms with Gasteiger partial charge in [-0.2, -0.15) is 4.98 Å². The van der Waals surface area contributed by atoms with E-state index >= 15 is 0 Å². The number of aromatic nitrogens is 1. The number of fused-ring (bicyclic) bond motifs is 1. The molecule has 5 heteroatoms. The molecule has 0 spiro atoms. The molecular formula is C7H6N2O2S. The van der Waals surface area contributed by atoms with Crippen molar-refractivity contribution in [2.45, 2.75) is 6.92 Å². The maximum absolute atomic E-state index is 10.3. The van der Waals surface area contributed by atoms with Gasteiger partial charge in [-0.3, -0.25) is 4.79 Å². The Labute approximate surface area is 72.0 Å². The predicted octanol–water partition coefficient (Wildman–Crippen LogP) is 1.59. The van der Waals surface area contributed by atoms with Crippen molar-refractivity contribution in [1.82, 2.24) is 4.98 Å². The summed E-state index contributed by atoms with van der Waals surface area (Å²) < 4.78 is 5.08. The lowest BCUT2D eigenvalue weighted by Crippen LogP contribution is -1.82. The van der Waals surface area contributed by atoms with E-state index in [2.05, 4.69) is 4.98 Å². The molecule has 2 aromatic heterocycles. The highest BCUT2D eigenvalue weighted by molar-refractivity contribution is 7.19. The van der Waals surface area contributed by atoms with Crippen LogP contribution in [0.4, 0.5) is 5.69 Å². The molecule has 0 bridgehead atoms. The lowest BCUT2D eigenvalue weighted by molar-refractivity contribution is 0.109. The first-order valence-corrected chi connectivity index (χ1v) is 4.14. The zero-order chi connectivity index (χ0) is 8.72. The van der Waals surface area contributed by atoms with Gasteiger partial charge in [-0.15, -0.1) is 11.3 Å². The predicted molar refractivity (Wildman–Crippen MR) is 46.4 cm³/mol. The number of aldehydes is 1. The largest absolute Gasteiger partial charge is 0.431 e. The molecule has 0 saturated carbocycles. The van der Waals surface area contributed by atoms with E-state index < -0.39 is 0 Å². The Morgan fingerprint density at radius 2 is 2.42 bits per heavy atom. The quantitative estimate of drug-likeness (QED) is 0.680. The number of carbonyl (C=O) groups excluding carboxylic acids is 1. The van der Waals surface area contributed by atoms with Crippen molar-refractivity contribution in [2.75, 3.05) is 5.73 Å². The number of aryl methyl sites for hydroxylation is 1. The fourth-order valence-corrected chi connectivity index (χ4v) is 1.84. The first-order valence-electron chi connectivity index (χ1n) is 3.33. The molecule has 0 atom stereocenters. The zero-order valence-corrected chi connectivity index (χ0v) is 7.14. The van der Waals surface area contributed by atoms with Crippen molar-refractivity contribution in [3.8, 4) is 0 Å². The maximum atomic E-state index is 10.3. The molecule has 2 heterocycles. The van der Waals surface area contributed by atoms with Crippen LogP contribution in [-0.2, 0) is 0 Å². The average molecular weight is 182 g/mol. The Kier molecular flexibility index (Phi) is 1.41. The number of thiophene rings is 1. The standard InChI is InChI=1S/C7H6N2O2S/c1-3-5(8)6-7(12-3)9-4(2-10)11-6/h2H,8H2,1H3. The number of hydrogen-bond acceptors (Lipinski definition) is 5. The number of nitrogens with two attached hydrogens (primary N) is 1. The third kappa shape index (κ3) is 0.831. The van der Waals surface area contributed by atoms with Gasteiger partial charge in [-0.05, 0) is 6.92 Å². The number of rotatable bonds is 1. The maximum Gasteiger partial charge on any atom is 0.261 e. The van der Waals surface area contributed by atoms with E-state index in [-0.39, 0.29) is 5.89 Å². The SMILES string of the molecule is Cc1sc2nc(C=O)oc2c1N. The summed E-state index contributed by atoms with van der Waals surface area (Å²) in [6.45, 7) is 1.89. The van der Waals surface area contributed by atoms with Gasteiger partial charge in [0.15, 0.2) is 10.4 Å². The van der Waals surface area contributed by atoms with Crippen LogP contribution in [0.5, 0.6) is 0 Å². The summed E-state index contributed by atoms with van der Waals surface area (Å²) >= 11 is 1.43. The number of hydrogen-bond donors (Lipinski definition) is 1. The molecule has 12 heavy (non-hydrogen) atoms. The van der Waals surface area contributed by atoms with Crippen LogP contribution < -0.4 is 5.73 Å². The van der Waals surface area contributed by atoms with Crippen LogP contribution in [0.15, 0.2) is 4.42 Å². The molecule has 0 saturated heterocycles. The van der Waals surface area contributed by atoms with E-state index in [1.54, 1.807) is 0 Å². The molecular weight excluding hydrogens is 176 g/mol. The Morgan fingerprint density at radius 1 is 1.67 bits per heavy atom. The van der Waals surface area contributed by atoms with E-state index in [0.717, 1.165) is 4.88 Å². The fraction of sp³-hybridized carbons (Fsp3) is 0.143. The summed E-state index contributed by atoms with van der Waals surface area (Å²) in [7, 11) is 0. The highest BCUT2D eigenvalue weighted by atomic mass is 32.1. The van der Waals surface area contributed by atoms with Crippen molar-refractivity contribution < 1.29 is 9.21 Å². The minimum atomic E-state index is 0.0861. The summed E-state index contributed by atoms with van der Waals surface area (Å²) in [6, 6.07) is 0. The molecule has 0 amide bonds. The topological polar surface area (TPSA) is 69.1 Å². The smallest absolute Gasteiger partial charge is 0.261 e. The Bertz CT molecular complexity index is 443. The van der Waals surface area contributed by atoms with Crippen molar-refractivity contribution in [2.24, 2.45) is 0 Å². The van der Waals surface area contributed by atoms with Crippen molar-refractivity contribution in [3.05, 3.63) is 10.8 Å². The molecule has 0 unspecified atom stereocenters. The van der Waals surface area contributed by atoms with Crippen molar-refractivity contribution >= 4 is 33.7 Å². The van der Waals surface area contributed by atoms with Gasteiger partial charge in [0.1, 0.15) is 0 Å². The van der Waals surface area contributed by atoms with E-state index in [4.69, 9.17) is 10.2 Å². The van der Waals surface area contributed by atoms with Crippen LogP contribution in [-0.4, -0.2) is 11.3 Å². The van der Waals surface area contributed by atoms with E-state index in [1.807, 2.05) is 6.92 Å². The Morgan fingerprint density at radius 3 is 3.00 bits per heavy atom. The van der Waals surface area contributed by atoms with Gasteiger partial charge in [0.25, 0.3) is 5.89 Å². The Balaban J connectivity index is 2.79. The fourth-order valence-electron chi connectivity index (χ4n) is 0.972. The van der Waals surface area contributed by atoms with Crippen LogP contribution in [0.2, 0.25) is 0 Å². The van der Waals surface area contributed by atoms with Gasteiger partial charge >= 0.3 is 0 Å². The second-order valence-electron chi connectivity index (χ2n) is 2.38. The van der Waals surface area contributed by atoms with Gasteiger partial charge in [0, 0.05) is 4.88 Å². The van der Waals surface area contributed by atoms with Gasteiger partial charge < -0.3 is 10.2 Å². The second-order valence-corrected chi connectivity index (χ2v) is 3.58. The van der Waals surface area contributed by atoms with E-state index in [0.29, 0.717) is 22.4 Å². The normalized spacial score (nSPS) is 10.8. The summed E-state index contributed by atoms with van der Waals surface area (Å²) in [6.07, 6.45) is 0.571. The summed E-state index contributed by atoms with van der Waals surface area (Å²) in [5.74, 6) is 0.0861. The summed E-state index contributed by atoms with van der Waals surface area (Å²) in [5.41, 5.74) is 6.77. The van der Waals surface area contributed by atoms with Crippen LogP contribution in [0.3, 0.4) is 0 Å². The first-order chi connectivity index (χ1) is 5.72. The zero-order valence-electron chi connectivity index (χ0n) is 6.33. The second kappa shape index (κ2) is 2.31. The number of anilines is 1. The molecule has 0 fully saturated rings. The van der Waals surface area contributed by atoms with Crippen LogP contribution in [0.1, 0.15) is 15.6 Å². The van der Waals surface area contributed by atoms with Gasteiger partial charge in [0.05, 0.1) is 5.69 Å². The number of nitrogen functional groups attached to an aromatic ring is 1. The molecule has 62 valence electrons.